The molecule has 0 heterocycles. The molecule has 0 N–H and O–H groups in total. The Bertz CT molecular complexity index is 377. The van der Waals surface area contributed by atoms with Crippen molar-refractivity contribution in [3.05, 3.63) is 40.4 Å². The van der Waals surface area contributed by atoms with Crippen molar-refractivity contribution in [2.24, 2.45) is 0 Å². The van der Waals surface area contributed by atoms with Crippen LogP contribution in [0, 0.1) is 10.1 Å². The minimum absolute atomic E-state index is 0.137. The van der Waals surface area contributed by atoms with Gasteiger partial charge in [-0.25, -0.2) is 8.42 Å². The zero-order valence-corrected chi connectivity index (χ0v) is 8.69. The van der Waals surface area contributed by atoms with Crippen molar-refractivity contribution in [1.29, 1.82) is 0 Å². The molecular weight excluding hydrogens is 206 g/mol. The number of nitro groups is 1. The van der Waals surface area contributed by atoms with Gasteiger partial charge in [-0.1, -0.05) is 18.2 Å². The molecule has 0 spiro atoms. The highest BCUT2D eigenvalue weighted by molar-refractivity contribution is 7.89. The highest BCUT2D eigenvalue weighted by Crippen LogP contribution is 2.06. The Labute approximate surface area is 82.4 Å². The fraction of sp³-hybridized carbons (Fsp3) is 0.250. The Hall–Kier alpha value is -1.43. The van der Waals surface area contributed by atoms with Crippen molar-refractivity contribution in [3.63, 3.8) is 0 Å². The maximum atomic E-state index is 10.0. The quantitative estimate of drug-likeness (QED) is 0.524. The molecule has 1 aromatic carbocycles. The minimum atomic E-state index is -2.67. The molecule has 0 unspecified atom stereocenters. The van der Waals surface area contributed by atoms with Crippen LogP contribution in [0.5, 0.6) is 0 Å². The Morgan fingerprint density at radius 2 is 1.50 bits per heavy atom. The number of sulfone groups is 1. The van der Waals surface area contributed by atoms with E-state index in [-0.39, 0.29) is 5.69 Å². The van der Waals surface area contributed by atoms with E-state index in [1.165, 1.54) is 12.1 Å². The van der Waals surface area contributed by atoms with Gasteiger partial charge < -0.3 is 0 Å². The van der Waals surface area contributed by atoms with Gasteiger partial charge in [0.25, 0.3) is 5.69 Å². The summed E-state index contributed by atoms with van der Waals surface area (Å²) in [6.45, 7) is 0. The number of rotatable bonds is 1. The molecular formula is C8H11NO4S. The van der Waals surface area contributed by atoms with Crippen molar-refractivity contribution in [1.82, 2.24) is 0 Å². The van der Waals surface area contributed by atoms with E-state index >= 15 is 0 Å². The second kappa shape index (κ2) is 5.33. The molecule has 1 rings (SSSR count). The molecule has 0 aromatic heterocycles. The molecule has 0 radical (unpaired) electrons. The van der Waals surface area contributed by atoms with Crippen LogP contribution >= 0.6 is 0 Å². The van der Waals surface area contributed by atoms with Gasteiger partial charge in [0.2, 0.25) is 0 Å². The number of nitro benzene ring substituents is 1. The first-order valence-corrected chi connectivity index (χ1v) is 5.95. The molecule has 6 heteroatoms. The first-order chi connectivity index (χ1) is 6.30. The molecule has 0 saturated heterocycles. The van der Waals surface area contributed by atoms with Gasteiger partial charge in [0.05, 0.1) is 4.92 Å². The maximum Gasteiger partial charge on any atom is 0.269 e. The van der Waals surface area contributed by atoms with E-state index in [1.807, 2.05) is 0 Å². The number of hydrogen-bond donors (Lipinski definition) is 0. The molecule has 0 atom stereocenters. The standard InChI is InChI=1S/C6H5NO2.C2H6O2S/c8-7(9)6-4-2-1-3-5-6;1-5(2,3)4/h1-5H;1-2H3. The Balaban J connectivity index is 0.000000292. The maximum absolute atomic E-state index is 10.0. The molecule has 0 aliphatic rings. The van der Waals surface area contributed by atoms with E-state index in [2.05, 4.69) is 0 Å². The normalized spacial score (nSPS) is 9.86. The van der Waals surface area contributed by atoms with Crippen LogP contribution in [-0.2, 0) is 9.84 Å². The third-order valence-electron chi connectivity index (χ3n) is 0.967. The number of hydrogen-bond acceptors (Lipinski definition) is 4. The van der Waals surface area contributed by atoms with Crippen LogP contribution < -0.4 is 0 Å². The van der Waals surface area contributed by atoms with Crippen molar-refractivity contribution in [2.75, 3.05) is 12.5 Å². The number of para-hydroxylation sites is 1. The van der Waals surface area contributed by atoms with Crippen LogP contribution in [0.4, 0.5) is 5.69 Å². The summed E-state index contributed by atoms with van der Waals surface area (Å²) in [4.78, 5) is 9.59. The fourth-order valence-corrected chi connectivity index (χ4v) is 0.550. The van der Waals surface area contributed by atoms with E-state index < -0.39 is 14.8 Å². The number of benzene rings is 1. The summed E-state index contributed by atoms with van der Waals surface area (Å²) in [6, 6.07) is 7.93. The first kappa shape index (κ1) is 12.6. The van der Waals surface area contributed by atoms with Gasteiger partial charge in [-0.15, -0.1) is 0 Å². The van der Waals surface area contributed by atoms with E-state index in [9.17, 15) is 18.5 Å². The lowest BCUT2D eigenvalue weighted by Gasteiger charge is -1.85. The molecule has 0 bridgehead atoms. The molecule has 0 amide bonds. The Morgan fingerprint density at radius 1 is 1.14 bits per heavy atom. The summed E-state index contributed by atoms with van der Waals surface area (Å²) in [5.74, 6) is 0. The van der Waals surface area contributed by atoms with Gasteiger partial charge in [0, 0.05) is 24.6 Å². The molecule has 14 heavy (non-hydrogen) atoms. The van der Waals surface area contributed by atoms with Crippen molar-refractivity contribution in [3.8, 4) is 0 Å². The molecule has 0 saturated carbocycles. The molecule has 0 aliphatic carbocycles. The predicted octanol–water partition coefficient (Wildman–Crippen LogP) is 1.26. The van der Waals surface area contributed by atoms with Crippen molar-refractivity contribution >= 4 is 15.5 Å². The van der Waals surface area contributed by atoms with Crippen LogP contribution in [0.1, 0.15) is 0 Å². The van der Waals surface area contributed by atoms with Gasteiger partial charge >= 0.3 is 0 Å². The van der Waals surface area contributed by atoms with Crippen LogP contribution in [-0.4, -0.2) is 25.9 Å². The lowest BCUT2D eigenvalue weighted by Crippen LogP contribution is -1.86. The summed E-state index contributed by atoms with van der Waals surface area (Å²) in [5.41, 5.74) is 0.137. The van der Waals surface area contributed by atoms with E-state index in [1.54, 1.807) is 18.2 Å². The minimum Gasteiger partial charge on any atom is -0.258 e. The monoisotopic (exact) mass is 217 g/mol. The summed E-state index contributed by atoms with van der Waals surface area (Å²) >= 11 is 0. The third-order valence-corrected chi connectivity index (χ3v) is 0.967. The van der Waals surface area contributed by atoms with Crippen LogP contribution in [0.25, 0.3) is 0 Å². The highest BCUT2D eigenvalue weighted by atomic mass is 32.2. The van der Waals surface area contributed by atoms with Gasteiger partial charge in [-0.05, 0) is 0 Å². The molecule has 0 aliphatic heterocycles. The van der Waals surface area contributed by atoms with Crippen LogP contribution in [0.15, 0.2) is 30.3 Å². The molecule has 1 aromatic rings. The van der Waals surface area contributed by atoms with Gasteiger partial charge in [-0.3, -0.25) is 10.1 Å². The van der Waals surface area contributed by atoms with Crippen LogP contribution in [0.3, 0.4) is 0 Å². The zero-order chi connectivity index (χ0) is 11.2. The number of nitrogens with zero attached hydrogens (tertiary/aromatic N) is 1. The van der Waals surface area contributed by atoms with E-state index in [4.69, 9.17) is 0 Å². The first-order valence-electron chi connectivity index (χ1n) is 3.65. The van der Waals surface area contributed by atoms with E-state index in [0.29, 0.717) is 0 Å². The van der Waals surface area contributed by atoms with E-state index in [0.717, 1.165) is 12.5 Å². The second-order valence-corrected chi connectivity index (χ2v) is 5.02. The van der Waals surface area contributed by atoms with Gasteiger partial charge in [0.15, 0.2) is 0 Å². The highest BCUT2D eigenvalue weighted by Gasteiger charge is 1.98. The lowest BCUT2D eigenvalue weighted by atomic mass is 10.3. The summed E-state index contributed by atoms with van der Waals surface area (Å²) in [7, 11) is -2.67. The average Bonchev–Trinajstić information content (AvgIpc) is 2.03. The van der Waals surface area contributed by atoms with Crippen molar-refractivity contribution < 1.29 is 13.3 Å². The molecule has 0 fully saturated rings. The second-order valence-electron chi connectivity index (χ2n) is 2.74. The molecule has 5 nitrogen and oxygen atoms in total. The van der Waals surface area contributed by atoms with Crippen LogP contribution in [0.2, 0.25) is 0 Å². The summed E-state index contributed by atoms with van der Waals surface area (Å²) < 4.78 is 19.3. The Kier molecular flexibility index (Phi) is 4.79. The zero-order valence-electron chi connectivity index (χ0n) is 7.88. The average molecular weight is 217 g/mol. The topological polar surface area (TPSA) is 77.3 Å². The number of non-ortho nitro benzene ring substituents is 1. The lowest BCUT2D eigenvalue weighted by molar-refractivity contribution is -0.384. The third kappa shape index (κ3) is 8.66. The smallest absolute Gasteiger partial charge is 0.258 e. The summed E-state index contributed by atoms with van der Waals surface area (Å²) in [5, 5.41) is 10.0. The fourth-order valence-electron chi connectivity index (χ4n) is 0.550. The van der Waals surface area contributed by atoms with Gasteiger partial charge in [-0.2, -0.15) is 0 Å². The Morgan fingerprint density at radius 3 is 1.71 bits per heavy atom. The molecule has 78 valence electrons. The SMILES string of the molecule is CS(C)(=O)=O.O=[N+]([O-])c1ccccc1. The van der Waals surface area contributed by atoms with Crippen molar-refractivity contribution in [2.45, 2.75) is 0 Å². The predicted molar refractivity (Wildman–Crippen MR) is 53.9 cm³/mol. The van der Waals surface area contributed by atoms with Gasteiger partial charge in [0.1, 0.15) is 9.84 Å². The summed E-state index contributed by atoms with van der Waals surface area (Å²) in [6.07, 6.45) is 2.32. The largest absolute Gasteiger partial charge is 0.269 e.